The average Bonchev–Trinajstić information content (AvgIpc) is 3.30. The number of carbonyl (C=O) groups excluding carboxylic acids is 1. The molecule has 0 spiro atoms. The average molecular weight is 403 g/mol. The van der Waals surface area contributed by atoms with Gasteiger partial charge in [-0.25, -0.2) is 4.98 Å². The molecule has 3 rings (SSSR count). The SMILES string of the molecule is CCc1ccc2nc(N(CCC[NH+](C)C)C(=O)c3ccc([N+](=O)[O-])o3)sc2c1. The Morgan fingerprint density at radius 2 is 2.11 bits per heavy atom. The van der Waals surface area contributed by atoms with Gasteiger partial charge in [0, 0.05) is 13.0 Å². The summed E-state index contributed by atoms with van der Waals surface area (Å²) in [6.45, 7) is 3.43. The minimum Gasteiger partial charge on any atom is -0.395 e. The molecule has 0 aliphatic carbocycles. The molecule has 0 saturated carbocycles. The first-order chi connectivity index (χ1) is 13.4. The first-order valence-electron chi connectivity index (χ1n) is 9.13. The van der Waals surface area contributed by atoms with Crippen molar-refractivity contribution in [2.45, 2.75) is 19.8 Å². The van der Waals surface area contributed by atoms with Gasteiger partial charge in [-0.3, -0.25) is 19.8 Å². The third kappa shape index (κ3) is 4.37. The van der Waals surface area contributed by atoms with Crippen LogP contribution in [0.3, 0.4) is 0 Å². The molecule has 0 unspecified atom stereocenters. The maximum atomic E-state index is 13.0. The maximum absolute atomic E-state index is 13.0. The van der Waals surface area contributed by atoms with Crippen molar-refractivity contribution >= 4 is 38.5 Å². The zero-order chi connectivity index (χ0) is 20.3. The number of amides is 1. The normalized spacial score (nSPS) is 11.3. The molecular formula is C19H23N4O4S+. The second-order valence-electron chi connectivity index (χ2n) is 6.81. The van der Waals surface area contributed by atoms with Gasteiger partial charge in [0.1, 0.15) is 4.92 Å². The molecule has 9 heteroatoms. The van der Waals surface area contributed by atoms with Crippen LogP contribution in [0.2, 0.25) is 0 Å². The molecule has 0 aliphatic heterocycles. The molecule has 1 N–H and O–H groups in total. The molecule has 0 atom stereocenters. The topological polar surface area (TPSA) is 93.9 Å². The first-order valence-corrected chi connectivity index (χ1v) is 9.95. The van der Waals surface area contributed by atoms with Crippen molar-refractivity contribution in [2.75, 3.05) is 32.1 Å². The third-order valence-corrected chi connectivity index (χ3v) is 5.41. The van der Waals surface area contributed by atoms with Crippen LogP contribution in [0.4, 0.5) is 11.0 Å². The summed E-state index contributed by atoms with van der Waals surface area (Å²) in [5.41, 5.74) is 2.04. The molecule has 1 amide bonds. The van der Waals surface area contributed by atoms with Crippen molar-refractivity contribution in [3.8, 4) is 0 Å². The summed E-state index contributed by atoms with van der Waals surface area (Å²) >= 11 is 1.44. The van der Waals surface area contributed by atoms with Crippen LogP contribution < -0.4 is 9.80 Å². The third-order valence-electron chi connectivity index (χ3n) is 4.37. The molecule has 148 valence electrons. The van der Waals surface area contributed by atoms with E-state index < -0.39 is 16.7 Å². The largest absolute Gasteiger partial charge is 0.433 e. The minimum absolute atomic E-state index is 0.0580. The number of nitro groups is 1. The second kappa shape index (κ2) is 8.49. The number of aromatic nitrogens is 1. The quantitative estimate of drug-likeness (QED) is 0.461. The smallest absolute Gasteiger partial charge is 0.395 e. The van der Waals surface area contributed by atoms with Crippen molar-refractivity contribution in [2.24, 2.45) is 0 Å². The molecule has 3 aromatic rings. The molecule has 0 aliphatic rings. The number of carbonyl (C=O) groups is 1. The minimum atomic E-state index is -0.652. The van der Waals surface area contributed by atoms with Gasteiger partial charge in [0.2, 0.25) is 0 Å². The molecular weight excluding hydrogens is 380 g/mol. The van der Waals surface area contributed by atoms with E-state index in [1.165, 1.54) is 33.9 Å². The van der Waals surface area contributed by atoms with Crippen LogP contribution in [0.25, 0.3) is 10.2 Å². The van der Waals surface area contributed by atoms with Crippen LogP contribution >= 0.6 is 11.3 Å². The standard InChI is InChI=1S/C19H22N4O4S/c1-4-13-6-7-14-16(12-13)28-19(20-14)22(11-5-10-21(2)3)18(24)15-8-9-17(27-15)23(25)26/h6-9,12H,4-5,10-11H2,1-3H3/p+1. The number of fused-ring (bicyclic) bond motifs is 1. The zero-order valence-electron chi connectivity index (χ0n) is 16.1. The summed E-state index contributed by atoms with van der Waals surface area (Å²) < 4.78 is 6.14. The summed E-state index contributed by atoms with van der Waals surface area (Å²) in [6, 6.07) is 8.61. The highest BCUT2D eigenvalue weighted by Crippen LogP contribution is 2.31. The second-order valence-corrected chi connectivity index (χ2v) is 7.82. The molecule has 0 radical (unpaired) electrons. The molecule has 0 saturated heterocycles. The van der Waals surface area contributed by atoms with Crippen LogP contribution in [0.15, 0.2) is 34.7 Å². The highest BCUT2D eigenvalue weighted by molar-refractivity contribution is 7.22. The summed E-state index contributed by atoms with van der Waals surface area (Å²) in [5, 5.41) is 11.4. The number of rotatable bonds is 8. The maximum Gasteiger partial charge on any atom is 0.433 e. The number of nitrogens with zero attached hydrogens (tertiary/aromatic N) is 3. The van der Waals surface area contributed by atoms with Gasteiger partial charge < -0.3 is 9.32 Å². The summed E-state index contributed by atoms with van der Waals surface area (Å²) in [7, 11) is 4.10. The van der Waals surface area contributed by atoms with Crippen molar-refractivity contribution in [1.82, 2.24) is 4.98 Å². The summed E-state index contributed by atoms with van der Waals surface area (Å²) in [5.74, 6) is -0.924. The Hall–Kier alpha value is -2.78. The fraction of sp³-hybridized carbons (Fsp3) is 0.368. The molecule has 8 nitrogen and oxygen atoms in total. The van der Waals surface area contributed by atoms with Crippen LogP contribution in [0.5, 0.6) is 0 Å². The van der Waals surface area contributed by atoms with E-state index in [1.54, 1.807) is 4.90 Å². The molecule has 28 heavy (non-hydrogen) atoms. The van der Waals surface area contributed by atoms with Gasteiger partial charge in [0.05, 0.1) is 36.9 Å². The molecule has 2 heterocycles. The fourth-order valence-corrected chi connectivity index (χ4v) is 3.89. The number of nitrogens with one attached hydrogen (secondary N) is 1. The Kier molecular flexibility index (Phi) is 6.05. The summed E-state index contributed by atoms with van der Waals surface area (Å²) in [6.07, 6.45) is 1.69. The monoisotopic (exact) mass is 403 g/mol. The van der Waals surface area contributed by atoms with E-state index in [0.29, 0.717) is 11.7 Å². The molecule has 0 fully saturated rings. The number of anilines is 1. The molecule has 1 aromatic carbocycles. The van der Waals surface area contributed by atoms with Crippen LogP contribution in [-0.4, -0.2) is 43.0 Å². The Balaban J connectivity index is 1.93. The van der Waals surface area contributed by atoms with Crippen molar-refractivity contribution in [3.05, 3.63) is 51.8 Å². The van der Waals surface area contributed by atoms with Crippen LogP contribution in [0.1, 0.15) is 29.5 Å². The van der Waals surface area contributed by atoms with E-state index in [4.69, 9.17) is 4.42 Å². The van der Waals surface area contributed by atoms with E-state index in [2.05, 4.69) is 18.0 Å². The number of thiazole rings is 1. The predicted octanol–water partition coefficient (Wildman–Crippen LogP) is 2.54. The van der Waals surface area contributed by atoms with Crippen LogP contribution in [-0.2, 0) is 6.42 Å². The highest BCUT2D eigenvalue weighted by atomic mass is 32.1. The number of hydrogen-bond acceptors (Lipinski definition) is 6. The lowest BCUT2D eigenvalue weighted by Gasteiger charge is -2.19. The number of aryl methyl sites for hydroxylation is 1. The van der Waals surface area contributed by atoms with E-state index in [-0.39, 0.29) is 5.76 Å². The first kappa shape index (κ1) is 20.0. The van der Waals surface area contributed by atoms with E-state index in [0.717, 1.165) is 29.6 Å². The van der Waals surface area contributed by atoms with E-state index >= 15 is 0 Å². The van der Waals surface area contributed by atoms with Crippen molar-refractivity contribution in [3.63, 3.8) is 0 Å². The number of benzene rings is 1. The molecule has 0 bridgehead atoms. The van der Waals surface area contributed by atoms with Gasteiger partial charge >= 0.3 is 5.88 Å². The Morgan fingerprint density at radius 3 is 2.75 bits per heavy atom. The lowest BCUT2D eigenvalue weighted by molar-refractivity contribution is -0.858. The van der Waals surface area contributed by atoms with Gasteiger partial charge in [-0.15, -0.1) is 0 Å². The van der Waals surface area contributed by atoms with Gasteiger partial charge in [-0.2, -0.15) is 0 Å². The van der Waals surface area contributed by atoms with Gasteiger partial charge in [0.15, 0.2) is 10.9 Å². The lowest BCUT2D eigenvalue weighted by atomic mass is 10.2. The summed E-state index contributed by atoms with van der Waals surface area (Å²) in [4.78, 5) is 30.7. The van der Waals surface area contributed by atoms with Crippen LogP contribution in [0, 0.1) is 10.1 Å². The Bertz CT molecular complexity index is 995. The van der Waals surface area contributed by atoms with Gasteiger partial charge in [-0.1, -0.05) is 24.3 Å². The van der Waals surface area contributed by atoms with E-state index in [9.17, 15) is 14.9 Å². The van der Waals surface area contributed by atoms with Gasteiger partial charge in [0.25, 0.3) is 5.91 Å². The van der Waals surface area contributed by atoms with Gasteiger partial charge in [-0.05, 0) is 30.2 Å². The Labute approximate surface area is 166 Å². The predicted molar refractivity (Wildman–Crippen MR) is 108 cm³/mol. The van der Waals surface area contributed by atoms with E-state index in [1.807, 2.05) is 26.2 Å². The number of quaternary nitrogens is 1. The molecule has 2 aromatic heterocycles. The lowest BCUT2D eigenvalue weighted by Crippen LogP contribution is -3.05. The Morgan fingerprint density at radius 1 is 1.32 bits per heavy atom. The van der Waals surface area contributed by atoms with Crippen molar-refractivity contribution in [1.29, 1.82) is 0 Å². The zero-order valence-corrected chi connectivity index (χ0v) is 16.9. The fourth-order valence-electron chi connectivity index (χ4n) is 2.84. The highest BCUT2D eigenvalue weighted by Gasteiger charge is 2.26. The number of hydrogen-bond donors (Lipinski definition) is 1. The number of furan rings is 1. The van der Waals surface area contributed by atoms with Crippen molar-refractivity contribution < 1.29 is 19.0 Å².